The molecule has 0 N–H and O–H groups in total. The lowest BCUT2D eigenvalue weighted by Gasteiger charge is -2.49. The van der Waals surface area contributed by atoms with E-state index in [-0.39, 0.29) is 12.5 Å². The second kappa shape index (κ2) is 6.64. The van der Waals surface area contributed by atoms with E-state index in [1.807, 2.05) is 11.0 Å². The number of likely N-dealkylation sites (tertiary alicyclic amines) is 1. The number of piperidine rings is 1. The summed E-state index contributed by atoms with van der Waals surface area (Å²) in [6.07, 6.45) is 8.91. The molecule has 4 nitrogen and oxygen atoms in total. The maximum Gasteiger partial charge on any atom is 0.265 e. The molecule has 1 aliphatic carbocycles. The van der Waals surface area contributed by atoms with Crippen LogP contribution in [0.4, 0.5) is 5.69 Å². The molecule has 1 saturated heterocycles. The first-order valence-corrected chi connectivity index (χ1v) is 9.87. The van der Waals surface area contributed by atoms with Gasteiger partial charge in [0.25, 0.3) is 5.91 Å². The number of aryl methyl sites for hydroxylation is 1. The van der Waals surface area contributed by atoms with E-state index < -0.39 is 0 Å². The average molecular weight is 342 g/mol. The van der Waals surface area contributed by atoms with Crippen molar-refractivity contribution in [1.29, 1.82) is 0 Å². The smallest absolute Gasteiger partial charge is 0.265 e. The van der Waals surface area contributed by atoms with E-state index in [0.717, 1.165) is 37.4 Å². The largest absolute Gasteiger partial charge is 0.482 e. The zero-order valence-corrected chi connectivity index (χ0v) is 15.6. The number of carbonyl (C=O) groups is 1. The van der Waals surface area contributed by atoms with Crippen molar-refractivity contribution in [2.45, 2.75) is 70.4 Å². The van der Waals surface area contributed by atoms with Crippen LogP contribution in [0.25, 0.3) is 0 Å². The summed E-state index contributed by atoms with van der Waals surface area (Å²) in [5.41, 5.74) is 2.53. The quantitative estimate of drug-likeness (QED) is 0.817. The minimum atomic E-state index is 0.112. The van der Waals surface area contributed by atoms with Crippen LogP contribution in [0.5, 0.6) is 5.75 Å². The van der Waals surface area contributed by atoms with Crippen LogP contribution in [0.3, 0.4) is 0 Å². The number of amides is 1. The third kappa shape index (κ3) is 3.17. The van der Waals surface area contributed by atoms with Crippen molar-refractivity contribution in [3.63, 3.8) is 0 Å². The zero-order valence-electron chi connectivity index (χ0n) is 15.6. The van der Waals surface area contributed by atoms with Crippen LogP contribution >= 0.6 is 0 Å². The van der Waals surface area contributed by atoms with Crippen LogP contribution in [0.1, 0.15) is 57.4 Å². The molecule has 25 heavy (non-hydrogen) atoms. The van der Waals surface area contributed by atoms with Crippen LogP contribution < -0.4 is 9.64 Å². The first kappa shape index (κ1) is 16.9. The molecule has 0 atom stereocenters. The molecule has 0 aromatic heterocycles. The second-order valence-corrected chi connectivity index (χ2v) is 8.30. The lowest BCUT2D eigenvalue weighted by molar-refractivity contribution is -0.122. The van der Waals surface area contributed by atoms with Crippen molar-refractivity contribution in [3.05, 3.63) is 23.8 Å². The normalized spacial score (nSPS) is 24.7. The van der Waals surface area contributed by atoms with Gasteiger partial charge in [0.2, 0.25) is 0 Å². The summed E-state index contributed by atoms with van der Waals surface area (Å²) in [5, 5.41) is 0. The Morgan fingerprint density at radius 2 is 1.84 bits per heavy atom. The summed E-state index contributed by atoms with van der Waals surface area (Å²) in [7, 11) is 0. The second-order valence-electron chi connectivity index (χ2n) is 8.30. The predicted octanol–water partition coefficient (Wildman–Crippen LogP) is 3.91. The van der Waals surface area contributed by atoms with Crippen LogP contribution in [0.15, 0.2) is 18.2 Å². The highest BCUT2D eigenvalue weighted by molar-refractivity contribution is 5.98. The minimum absolute atomic E-state index is 0.112. The van der Waals surface area contributed by atoms with Gasteiger partial charge in [-0.1, -0.05) is 25.3 Å². The molecule has 2 aliphatic heterocycles. The Labute approximate surface area is 151 Å². The van der Waals surface area contributed by atoms with E-state index in [1.54, 1.807) is 0 Å². The van der Waals surface area contributed by atoms with E-state index in [0.29, 0.717) is 11.6 Å². The molecule has 4 heteroatoms. The fourth-order valence-corrected chi connectivity index (χ4v) is 4.97. The lowest BCUT2D eigenvalue weighted by Crippen LogP contribution is -2.56. The van der Waals surface area contributed by atoms with Gasteiger partial charge in [0.15, 0.2) is 6.61 Å². The molecular weight excluding hydrogens is 312 g/mol. The Balaban J connectivity index is 1.49. The van der Waals surface area contributed by atoms with E-state index in [2.05, 4.69) is 30.9 Å². The Kier molecular flexibility index (Phi) is 4.48. The van der Waals surface area contributed by atoms with Gasteiger partial charge in [-0.2, -0.15) is 0 Å². The highest BCUT2D eigenvalue weighted by Crippen LogP contribution is 2.39. The van der Waals surface area contributed by atoms with Crippen molar-refractivity contribution in [1.82, 2.24) is 4.90 Å². The van der Waals surface area contributed by atoms with Crippen molar-refractivity contribution < 1.29 is 9.53 Å². The predicted molar refractivity (Wildman–Crippen MR) is 100 cm³/mol. The number of fused-ring (bicyclic) bond motifs is 1. The Morgan fingerprint density at radius 1 is 1.12 bits per heavy atom. The molecule has 1 aromatic rings. The number of hydrogen-bond acceptors (Lipinski definition) is 3. The SMILES string of the molecule is Cc1ccc2c(c1)N(C1CCN(C3(C)CCCCC3)CC1)C(=O)CO2. The van der Waals surface area contributed by atoms with Gasteiger partial charge in [-0.3, -0.25) is 9.69 Å². The maximum atomic E-state index is 12.6. The molecule has 136 valence electrons. The summed E-state index contributed by atoms with van der Waals surface area (Å²) in [6, 6.07) is 6.46. The Bertz CT molecular complexity index is 643. The Morgan fingerprint density at radius 3 is 2.56 bits per heavy atom. The lowest BCUT2D eigenvalue weighted by atomic mass is 9.80. The molecule has 1 amide bonds. The number of rotatable bonds is 2. The molecule has 1 aromatic carbocycles. The number of anilines is 1. The van der Waals surface area contributed by atoms with Gasteiger partial charge < -0.3 is 9.64 Å². The van der Waals surface area contributed by atoms with E-state index in [9.17, 15) is 4.79 Å². The molecule has 0 radical (unpaired) electrons. The van der Waals surface area contributed by atoms with E-state index in [4.69, 9.17) is 4.74 Å². The van der Waals surface area contributed by atoms with Crippen molar-refractivity contribution in [2.75, 3.05) is 24.6 Å². The molecule has 0 unspecified atom stereocenters. The third-order valence-corrected chi connectivity index (χ3v) is 6.52. The van der Waals surface area contributed by atoms with Gasteiger partial charge in [-0.15, -0.1) is 0 Å². The van der Waals surface area contributed by atoms with Gasteiger partial charge in [-0.25, -0.2) is 0 Å². The molecule has 0 bridgehead atoms. The average Bonchev–Trinajstić information content (AvgIpc) is 2.62. The van der Waals surface area contributed by atoms with Crippen LogP contribution in [0.2, 0.25) is 0 Å². The number of ether oxygens (including phenoxy) is 1. The maximum absolute atomic E-state index is 12.6. The molecule has 0 spiro atoms. The number of carbonyl (C=O) groups excluding carboxylic acids is 1. The molecule has 2 heterocycles. The Hall–Kier alpha value is -1.55. The molecule has 4 rings (SSSR count). The fourth-order valence-electron chi connectivity index (χ4n) is 4.97. The van der Waals surface area contributed by atoms with Crippen LogP contribution in [-0.4, -0.2) is 42.1 Å². The molecule has 1 saturated carbocycles. The van der Waals surface area contributed by atoms with Crippen LogP contribution in [-0.2, 0) is 4.79 Å². The third-order valence-electron chi connectivity index (χ3n) is 6.52. The van der Waals surface area contributed by atoms with Crippen molar-refractivity contribution in [3.8, 4) is 5.75 Å². The summed E-state index contributed by atoms with van der Waals surface area (Å²) in [4.78, 5) is 17.3. The highest BCUT2D eigenvalue weighted by atomic mass is 16.5. The summed E-state index contributed by atoms with van der Waals surface area (Å²) in [5.74, 6) is 0.965. The van der Waals surface area contributed by atoms with Gasteiger partial charge in [0.1, 0.15) is 5.75 Å². The molecule has 3 aliphatic rings. The van der Waals surface area contributed by atoms with Gasteiger partial charge in [-0.05, 0) is 57.2 Å². The molecule has 2 fully saturated rings. The van der Waals surface area contributed by atoms with Gasteiger partial charge >= 0.3 is 0 Å². The number of hydrogen-bond donors (Lipinski definition) is 0. The summed E-state index contributed by atoms with van der Waals surface area (Å²) < 4.78 is 5.64. The fraction of sp³-hybridized carbons (Fsp3) is 0.667. The summed E-state index contributed by atoms with van der Waals surface area (Å²) in [6.45, 7) is 6.91. The standard InChI is InChI=1S/C21H30N2O2/c1-16-6-7-19-18(14-16)23(20(24)15-25-19)17-8-12-22(13-9-17)21(2)10-4-3-5-11-21/h6-7,14,17H,3-5,8-13,15H2,1-2H3. The topological polar surface area (TPSA) is 32.8 Å². The van der Waals surface area contributed by atoms with E-state index in [1.165, 1.54) is 37.7 Å². The van der Waals surface area contributed by atoms with Crippen molar-refractivity contribution in [2.24, 2.45) is 0 Å². The monoisotopic (exact) mass is 342 g/mol. The van der Waals surface area contributed by atoms with Crippen LogP contribution in [0, 0.1) is 6.92 Å². The minimum Gasteiger partial charge on any atom is -0.482 e. The van der Waals surface area contributed by atoms with E-state index >= 15 is 0 Å². The molecular formula is C21H30N2O2. The number of benzene rings is 1. The first-order chi connectivity index (χ1) is 12.1. The first-order valence-electron chi connectivity index (χ1n) is 9.87. The van der Waals surface area contributed by atoms with Crippen molar-refractivity contribution >= 4 is 11.6 Å². The number of nitrogens with zero attached hydrogens (tertiary/aromatic N) is 2. The van der Waals surface area contributed by atoms with Gasteiger partial charge in [0.05, 0.1) is 5.69 Å². The summed E-state index contributed by atoms with van der Waals surface area (Å²) >= 11 is 0. The zero-order chi connectivity index (χ0) is 17.4. The highest BCUT2D eigenvalue weighted by Gasteiger charge is 2.39. The van der Waals surface area contributed by atoms with Gasteiger partial charge in [0, 0.05) is 24.7 Å².